The van der Waals surface area contributed by atoms with Crippen LogP contribution in [0.1, 0.15) is 16.1 Å². The molecule has 7 nitrogen and oxygen atoms in total. The van der Waals surface area contributed by atoms with E-state index >= 15 is 0 Å². The summed E-state index contributed by atoms with van der Waals surface area (Å²) in [6.45, 7) is 1.69. The molecule has 3 rings (SSSR count). The van der Waals surface area contributed by atoms with Crippen LogP contribution >= 0.6 is 15.9 Å². The van der Waals surface area contributed by atoms with Crippen LogP contribution < -0.4 is 15.4 Å². The second kappa shape index (κ2) is 8.71. The molecule has 0 radical (unpaired) electrons. The molecule has 0 aliphatic rings. The van der Waals surface area contributed by atoms with Crippen molar-refractivity contribution >= 4 is 33.4 Å². The molecule has 0 spiro atoms. The quantitative estimate of drug-likeness (QED) is 0.604. The molecule has 1 aromatic heterocycles. The summed E-state index contributed by atoms with van der Waals surface area (Å²) in [6.07, 6.45) is 0. The van der Waals surface area contributed by atoms with Gasteiger partial charge in [0.25, 0.3) is 5.91 Å². The zero-order valence-corrected chi connectivity index (χ0v) is 16.9. The smallest absolute Gasteiger partial charge is 0.273 e. The van der Waals surface area contributed by atoms with Crippen LogP contribution in [0.15, 0.2) is 57.5 Å². The molecule has 0 saturated heterocycles. The van der Waals surface area contributed by atoms with Gasteiger partial charge in [0.2, 0.25) is 5.91 Å². The summed E-state index contributed by atoms with van der Waals surface area (Å²) in [7, 11) is 1.55. The van der Waals surface area contributed by atoms with E-state index in [2.05, 4.69) is 31.7 Å². The highest BCUT2D eigenvalue weighted by atomic mass is 79.9. The van der Waals surface area contributed by atoms with Gasteiger partial charge in [-0.15, -0.1) is 0 Å². The Morgan fingerprint density at radius 2 is 1.96 bits per heavy atom. The summed E-state index contributed by atoms with van der Waals surface area (Å²) >= 11 is 3.37. The fourth-order valence-corrected chi connectivity index (χ4v) is 3.05. The molecular weight excluding hydrogens is 426 g/mol. The van der Waals surface area contributed by atoms with Crippen LogP contribution in [0.3, 0.4) is 0 Å². The number of para-hydroxylation sites is 1. The number of halogens is 1. The SMILES string of the molecule is COc1ccccc1-c1cc(C(=O)NCC(=O)Nc2ccc(Br)cc2C)no1. The van der Waals surface area contributed by atoms with Crippen molar-refractivity contribution in [2.24, 2.45) is 0 Å². The highest BCUT2D eigenvalue weighted by Gasteiger charge is 2.17. The first kappa shape index (κ1) is 19.6. The number of amides is 2. The third kappa shape index (κ3) is 4.58. The molecule has 0 unspecified atom stereocenters. The molecule has 2 aromatic carbocycles. The van der Waals surface area contributed by atoms with Crippen molar-refractivity contribution in [3.63, 3.8) is 0 Å². The monoisotopic (exact) mass is 443 g/mol. The first-order valence-electron chi connectivity index (χ1n) is 8.42. The number of methoxy groups -OCH3 is 1. The number of hydrogen-bond donors (Lipinski definition) is 2. The predicted octanol–water partition coefficient (Wildman–Crippen LogP) is 3.79. The average molecular weight is 444 g/mol. The van der Waals surface area contributed by atoms with Gasteiger partial charge in [0.1, 0.15) is 5.75 Å². The number of ether oxygens (including phenoxy) is 1. The Morgan fingerprint density at radius 3 is 2.71 bits per heavy atom. The Morgan fingerprint density at radius 1 is 1.18 bits per heavy atom. The van der Waals surface area contributed by atoms with Crippen LogP contribution in [0.2, 0.25) is 0 Å². The molecule has 0 aliphatic carbocycles. The molecule has 0 atom stereocenters. The minimum absolute atomic E-state index is 0.0773. The van der Waals surface area contributed by atoms with Gasteiger partial charge >= 0.3 is 0 Å². The number of hydrogen-bond acceptors (Lipinski definition) is 5. The number of nitrogens with zero attached hydrogens (tertiary/aromatic N) is 1. The maximum atomic E-state index is 12.3. The molecule has 2 amide bonds. The van der Waals surface area contributed by atoms with Crippen molar-refractivity contribution in [1.82, 2.24) is 10.5 Å². The third-order valence-corrected chi connectivity index (χ3v) is 4.48. The van der Waals surface area contributed by atoms with E-state index in [1.165, 1.54) is 6.07 Å². The first-order valence-corrected chi connectivity index (χ1v) is 9.21. The van der Waals surface area contributed by atoms with Crippen LogP contribution in [0.4, 0.5) is 5.69 Å². The van der Waals surface area contributed by atoms with Crippen LogP contribution in [-0.2, 0) is 4.79 Å². The summed E-state index contributed by atoms with van der Waals surface area (Å²) < 4.78 is 11.4. The molecule has 0 aliphatic heterocycles. The second-order valence-corrected chi connectivity index (χ2v) is 6.88. The first-order chi connectivity index (χ1) is 13.5. The molecule has 0 fully saturated rings. The summed E-state index contributed by atoms with van der Waals surface area (Å²) in [5, 5.41) is 9.06. The molecule has 0 saturated carbocycles. The Hall–Kier alpha value is -3.13. The summed E-state index contributed by atoms with van der Waals surface area (Å²) in [4.78, 5) is 24.4. The van der Waals surface area contributed by atoms with Gasteiger partial charge < -0.3 is 19.9 Å². The lowest BCUT2D eigenvalue weighted by molar-refractivity contribution is -0.115. The van der Waals surface area contributed by atoms with Gasteiger partial charge in [-0.2, -0.15) is 0 Å². The van der Waals surface area contributed by atoms with Crippen molar-refractivity contribution in [2.45, 2.75) is 6.92 Å². The van der Waals surface area contributed by atoms with Crippen LogP contribution in [0, 0.1) is 6.92 Å². The normalized spacial score (nSPS) is 10.4. The fourth-order valence-electron chi connectivity index (χ4n) is 2.57. The lowest BCUT2D eigenvalue weighted by Gasteiger charge is -2.09. The van der Waals surface area contributed by atoms with Crippen LogP contribution in [0.25, 0.3) is 11.3 Å². The predicted molar refractivity (Wildman–Crippen MR) is 108 cm³/mol. The van der Waals surface area contributed by atoms with Gasteiger partial charge in [-0.25, -0.2) is 0 Å². The van der Waals surface area contributed by atoms with Gasteiger partial charge in [-0.1, -0.05) is 33.2 Å². The number of carbonyl (C=O) groups is 2. The van der Waals surface area contributed by atoms with E-state index in [0.29, 0.717) is 22.8 Å². The van der Waals surface area contributed by atoms with E-state index < -0.39 is 5.91 Å². The third-order valence-electron chi connectivity index (χ3n) is 3.99. The van der Waals surface area contributed by atoms with Crippen molar-refractivity contribution < 1.29 is 18.8 Å². The van der Waals surface area contributed by atoms with Crippen molar-refractivity contribution in [2.75, 3.05) is 19.0 Å². The van der Waals surface area contributed by atoms with E-state index in [-0.39, 0.29) is 18.1 Å². The number of aryl methyl sites for hydroxylation is 1. The van der Waals surface area contributed by atoms with Crippen LogP contribution in [-0.4, -0.2) is 30.6 Å². The number of rotatable bonds is 6. The second-order valence-electron chi connectivity index (χ2n) is 5.97. The Kier molecular flexibility index (Phi) is 6.10. The van der Waals surface area contributed by atoms with Crippen molar-refractivity contribution in [1.29, 1.82) is 0 Å². The Balaban J connectivity index is 1.61. The number of benzene rings is 2. The van der Waals surface area contributed by atoms with Gasteiger partial charge in [-0.3, -0.25) is 9.59 Å². The highest BCUT2D eigenvalue weighted by molar-refractivity contribution is 9.10. The van der Waals surface area contributed by atoms with E-state index in [9.17, 15) is 9.59 Å². The van der Waals surface area contributed by atoms with Crippen molar-refractivity contribution in [3.8, 4) is 17.1 Å². The maximum absolute atomic E-state index is 12.3. The standard InChI is InChI=1S/C20H18BrN3O4/c1-12-9-13(21)7-8-15(12)23-19(25)11-22-20(26)16-10-18(28-24-16)14-5-3-4-6-17(14)27-2/h3-10H,11H2,1-2H3,(H,22,26)(H,23,25). The molecule has 0 bridgehead atoms. The minimum atomic E-state index is -0.507. The number of carbonyl (C=O) groups excluding carboxylic acids is 2. The largest absolute Gasteiger partial charge is 0.496 e. The minimum Gasteiger partial charge on any atom is -0.496 e. The van der Waals surface area contributed by atoms with Gasteiger partial charge in [0.15, 0.2) is 11.5 Å². The topological polar surface area (TPSA) is 93.5 Å². The molecule has 144 valence electrons. The summed E-state index contributed by atoms with van der Waals surface area (Å²) in [5.74, 6) is 0.159. The maximum Gasteiger partial charge on any atom is 0.273 e. The van der Waals surface area contributed by atoms with Gasteiger partial charge in [-0.05, 0) is 42.8 Å². The van der Waals surface area contributed by atoms with Crippen molar-refractivity contribution in [3.05, 3.63) is 64.3 Å². The average Bonchev–Trinajstić information content (AvgIpc) is 3.18. The van der Waals surface area contributed by atoms with E-state index in [1.807, 2.05) is 31.2 Å². The van der Waals surface area contributed by atoms with Gasteiger partial charge in [0, 0.05) is 16.2 Å². The Labute approximate surface area is 170 Å². The lowest BCUT2D eigenvalue weighted by atomic mass is 10.1. The van der Waals surface area contributed by atoms with E-state index in [0.717, 1.165) is 10.0 Å². The van der Waals surface area contributed by atoms with E-state index in [1.54, 1.807) is 25.3 Å². The molecule has 8 heteroatoms. The molecule has 3 aromatic rings. The zero-order valence-electron chi connectivity index (χ0n) is 15.3. The summed E-state index contributed by atoms with van der Waals surface area (Å²) in [5.41, 5.74) is 2.35. The molecule has 1 heterocycles. The summed E-state index contributed by atoms with van der Waals surface area (Å²) in [6, 6.07) is 14.3. The molecule has 28 heavy (non-hydrogen) atoms. The highest BCUT2D eigenvalue weighted by Crippen LogP contribution is 2.29. The lowest BCUT2D eigenvalue weighted by Crippen LogP contribution is -2.33. The Bertz CT molecular complexity index is 1020. The van der Waals surface area contributed by atoms with E-state index in [4.69, 9.17) is 9.26 Å². The molecular formula is C20H18BrN3O4. The fraction of sp³-hybridized carbons (Fsp3) is 0.150. The molecule has 2 N–H and O–H groups in total. The zero-order chi connectivity index (χ0) is 20.1. The van der Waals surface area contributed by atoms with Crippen LogP contribution in [0.5, 0.6) is 5.75 Å². The number of nitrogens with one attached hydrogen (secondary N) is 2. The van der Waals surface area contributed by atoms with Gasteiger partial charge in [0.05, 0.1) is 19.2 Å². The number of anilines is 1. The number of aromatic nitrogens is 1.